The van der Waals surface area contributed by atoms with Gasteiger partial charge in [-0.15, -0.1) is 0 Å². The van der Waals surface area contributed by atoms with Gasteiger partial charge in [-0.2, -0.15) is 0 Å². The highest BCUT2D eigenvalue weighted by atomic mass is 35.5. The first-order chi connectivity index (χ1) is 15.9. The smallest absolute Gasteiger partial charge is 0.336 e. The van der Waals surface area contributed by atoms with E-state index in [-0.39, 0.29) is 0 Å². The van der Waals surface area contributed by atoms with Crippen molar-refractivity contribution in [2.75, 3.05) is 7.11 Å². The molecule has 0 N–H and O–H groups in total. The molecule has 0 aliphatic carbocycles. The summed E-state index contributed by atoms with van der Waals surface area (Å²) in [4.78, 5) is 25.0. The second kappa shape index (κ2) is 10.1. The number of ether oxygens (including phenoxy) is 2. The van der Waals surface area contributed by atoms with E-state index in [2.05, 4.69) is 0 Å². The van der Waals surface area contributed by atoms with Gasteiger partial charge < -0.3 is 13.9 Å². The minimum Gasteiger partial charge on any atom is -0.489 e. The molecular formula is C26H20Cl2O5. The van der Waals surface area contributed by atoms with E-state index < -0.39 is 17.5 Å². The van der Waals surface area contributed by atoms with Gasteiger partial charge in [0.15, 0.2) is 0 Å². The molecule has 7 heteroatoms. The molecule has 0 saturated carbocycles. The lowest BCUT2D eigenvalue weighted by Gasteiger charge is -2.17. The Morgan fingerprint density at radius 1 is 0.909 bits per heavy atom. The van der Waals surface area contributed by atoms with Gasteiger partial charge in [-0.3, -0.25) is 4.79 Å². The largest absolute Gasteiger partial charge is 0.489 e. The van der Waals surface area contributed by atoms with Crippen LogP contribution in [-0.2, 0) is 22.6 Å². The molecule has 168 valence electrons. The van der Waals surface area contributed by atoms with Gasteiger partial charge >= 0.3 is 11.6 Å². The standard InChI is InChI=1S/C26H20Cl2O5/c1-31-26(30)23(12-16-2-6-18(27)7-3-16)22-14-25(29)33-24-13-20(10-11-21(22)24)32-15-17-4-8-19(28)9-5-17/h2-11,13-14,23H,12,15H2,1H3/t23-/m0/s1. The van der Waals surface area contributed by atoms with Crippen LogP contribution in [0.3, 0.4) is 0 Å². The molecule has 0 fully saturated rings. The number of esters is 1. The van der Waals surface area contributed by atoms with Crippen LogP contribution in [0, 0.1) is 0 Å². The lowest BCUT2D eigenvalue weighted by Crippen LogP contribution is -2.19. The highest BCUT2D eigenvalue weighted by Gasteiger charge is 2.25. The van der Waals surface area contributed by atoms with Crippen LogP contribution < -0.4 is 10.4 Å². The average molecular weight is 483 g/mol. The van der Waals surface area contributed by atoms with E-state index >= 15 is 0 Å². The van der Waals surface area contributed by atoms with Crippen molar-refractivity contribution in [2.45, 2.75) is 18.9 Å². The topological polar surface area (TPSA) is 65.7 Å². The third-order valence-electron chi connectivity index (χ3n) is 5.28. The van der Waals surface area contributed by atoms with Crippen molar-refractivity contribution < 1.29 is 18.7 Å². The second-order valence-electron chi connectivity index (χ2n) is 7.50. The number of hydrogen-bond donors (Lipinski definition) is 0. The number of methoxy groups -OCH3 is 1. The number of hydrogen-bond acceptors (Lipinski definition) is 5. The third kappa shape index (κ3) is 5.56. The zero-order valence-corrected chi connectivity index (χ0v) is 19.2. The van der Waals surface area contributed by atoms with E-state index in [0.717, 1.165) is 11.1 Å². The van der Waals surface area contributed by atoms with Crippen molar-refractivity contribution in [3.8, 4) is 5.75 Å². The Morgan fingerprint density at radius 3 is 2.18 bits per heavy atom. The van der Waals surface area contributed by atoms with Gasteiger partial charge in [0.25, 0.3) is 0 Å². The van der Waals surface area contributed by atoms with Gasteiger partial charge in [-0.1, -0.05) is 47.5 Å². The van der Waals surface area contributed by atoms with Gasteiger partial charge in [-0.05, 0) is 59.5 Å². The minimum atomic E-state index is -0.691. The Bertz CT molecular complexity index is 1330. The summed E-state index contributed by atoms with van der Waals surface area (Å²) in [5.74, 6) is -0.603. The molecule has 1 heterocycles. The highest BCUT2D eigenvalue weighted by molar-refractivity contribution is 6.30. The van der Waals surface area contributed by atoms with Crippen LogP contribution >= 0.6 is 23.2 Å². The molecular weight excluding hydrogens is 463 g/mol. The molecule has 1 atom stereocenters. The van der Waals surface area contributed by atoms with E-state index in [1.54, 1.807) is 42.5 Å². The van der Waals surface area contributed by atoms with Gasteiger partial charge in [0.05, 0.1) is 13.0 Å². The fourth-order valence-electron chi connectivity index (χ4n) is 3.61. The number of halogens is 2. The van der Waals surface area contributed by atoms with Crippen molar-refractivity contribution in [2.24, 2.45) is 0 Å². The van der Waals surface area contributed by atoms with E-state index in [1.807, 2.05) is 24.3 Å². The van der Waals surface area contributed by atoms with Crippen molar-refractivity contribution in [1.29, 1.82) is 0 Å². The molecule has 0 aliphatic rings. The summed E-state index contributed by atoms with van der Waals surface area (Å²) in [6.45, 7) is 0.327. The lowest BCUT2D eigenvalue weighted by molar-refractivity contribution is -0.142. The van der Waals surface area contributed by atoms with Crippen molar-refractivity contribution in [3.63, 3.8) is 0 Å². The first kappa shape index (κ1) is 22.9. The van der Waals surface area contributed by atoms with Gasteiger partial charge in [0, 0.05) is 27.6 Å². The highest BCUT2D eigenvalue weighted by Crippen LogP contribution is 2.31. The van der Waals surface area contributed by atoms with E-state index in [4.69, 9.17) is 37.1 Å². The predicted octanol–water partition coefficient (Wildman–Crippen LogP) is 6.18. The van der Waals surface area contributed by atoms with Crippen LogP contribution in [0.2, 0.25) is 10.0 Å². The van der Waals surface area contributed by atoms with E-state index in [9.17, 15) is 9.59 Å². The molecule has 0 aliphatic heterocycles. The summed E-state index contributed by atoms with van der Waals surface area (Å²) in [7, 11) is 1.33. The first-order valence-electron chi connectivity index (χ1n) is 10.2. The molecule has 0 saturated heterocycles. The number of fused-ring (bicyclic) bond motifs is 1. The number of carbonyl (C=O) groups is 1. The van der Waals surface area contributed by atoms with Crippen molar-refractivity contribution in [3.05, 3.63) is 110 Å². The second-order valence-corrected chi connectivity index (χ2v) is 8.37. The van der Waals surface area contributed by atoms with Crippen LogP contribution in [0.1, 0.15) is 22.6 Å². The Labute approximate surface area is 200 Å². The molecule has 0 bridgehead atoms. The summed E-state index contributed by atoms with van der Waals surface area (Å²) < 4.78 is 16.3. The Morgan fingerprint density at radius 2 is 1.55 bits per heavy atom. The van der Waals surface area contributed by atoms with Gasteiger partial charge in [0.1, 0.15) is 17.9 Å². The maximum Gasteiger partial charge on any atom is 0.336 e. The zero-order chi connectivity index (χ0) is 23.4. The maximum absolute atomic E-state index is 12.7. The summed E-state index contributed by atoms with van der Waals surface area (Å²) >= 11 is 11.9. The fourth-order valence-corrected chi connectivity index (χ4v) is 3.86. The monoisotopic (exact) mass is 482 g/mol. The average Bonchev–Trinajstić information content (AvgIpc) is 2.82. The van der Waals surface area contributed by atoms with E-state index in [1.165, 1.54) is 13.2 Å². The Balaban J connectivity index is 1.66. The normalized spacial score (nSPS) is 11.8. The van der Waals surface area contributed by atoms with E-state index in [0.29, 0.717) is 45.4 Å². The van der Waals surface area contributed by atoms with Crippen LogP contribution in [0.15, 0.2) is 82.0 Å². The first-order valence-corrected chi connectivity index (χ1v) is 11.0. The third-order valence-corrected chi connectivity index (χ3v) is 5.78. The zero-order valence-electron chi connectivity index (χ0n) is 17.7. The summed E-state index contributed by atoms with van der Waals surface area (Å²) in [6, 6.07) is 21.1. The molecule has 0 spiro atoms. The summed E-state index contributed by atoms with van der Waals surface area (Å²) in [5, 5.41) is 1.89. The molecule has 3 aromatic carbocycles. The molecule has 0 unspecified atom stereocenters. The Hall–Kier alpha value is -3.28. The lowest BCUT2D eigenvalue weighted by atomic mass is 9.90. The predicted molar refractivity (Wildman–Crippen MR) is 128 cm³/mol. The molecule has 4 rings (SSSR count). The Kier molecular flexibility index (Phi) is 7.02. The quantitative estimate of drug-likeness (QED) is 0.232. The van der Waals surface area contributed by atoms with Crippen molar-refractivity contribution >= 4 is 40.1 Å². The summed E-state index contributed by atoms with van der Waals surface area (Å²) in [5.41, 5.74) is 2.14. The molecule has 4 aromatic rings. The molecule has 5 nitrogen and oxygen atoms in total. The maximum atomic E-state index is 12.7. The molecule has 33 heavy (non-hydrogen) atoms. The number of benzene rings is 3. The van der Waals surface area contributed by atoms with Crippen molar-refractivity contribution in [1.82, 2.24) is 0 Å². The molecule has 0 amide bonds. The minimum absolute atomic E-state index is 0.327. The summed E-state index contributed by atoms with van der Waals surface area (Å²) in [6.07, 6.45) is 0.344. The van der Waals surface area contributed by atoms with Crippen LogP contribution in [0.4, 0.5) is 0 Å². The number of rotatable bonds is 7. The fraction of sp³-hybridized carbons (Fsp3) is 0.154. The van der Waals surface area contributed by atoms with Crippen LogP contribution in [0.25, 0.3) is 11.0 Å². The number of carbonyl (C=O) groups excluding carboxylic acids is 1. The molecule has 1 aromatic heterocycles. The van der Waals surface area contributed by atoms with Crippen LogP contribution in [0.5, 0.6) is 5.75 Å². The SMILES string of the molecule is COC(=O)[C@@H](Cc1ccc(Cl)cc1)c1cc(=O)oc2cc(OCc3ccc(Cl)cc3)ccc12. The van der Waals surface area contributed by atoms with Crippen LogP contribution in [-0.4, -0.2) is 13.1 Å². The van der Waals surface area contributed by atoms with Gasteiger partial charge in [0.2, 0.25) is 0 Å². The molecule has 0 radical (unpaired) electrons. The van der Waals surface area contributed by atoms with Gasteiger partial charge in [-0.25, -0.2) is 4.79 Å².